The van der Waals surface area contributed by atoms with Gasteiger partial charge in [-0.2, -0.15) is 0 Å². The van der Waals surface area contributed by atoms with Crippen LogP contribution in [0.1, 0.15) is 24.0 Å². The molecular formula is C31H33N3O9. The zero-order valence-corrected chi connectivity index (χ0v) is 23.4. The van der Waals surface area contributed by atoms with E-state index in [2.05, 4.69) is 5.32 Å². The Morgan fingerprint density at radius 3 is 2.14 bits per heavy atom. The number of carbonyl (C=O) groups is 6. The van der Waals surface area contributed by atoms with Crippen molar-refractivity contribution in [3.63, 3.8) is 0 Å². The number of aryl methyl sites for hydroxylation is 1. The van der Waals surface area contributed by atoms with Gasteiger partial charge in [0.25, 0.3) is 11.8 Å². The van der Waals surface area contributed by atoms with Crippen LogP contribution in [0.3, 0.4) is 0 Å². The Hall–Kier alpha value is -4.68. The van der Waals surface area contributed by atoms with Crippen LogP contribution in [0.4, 0.5) is 0 Å². The van der Waals surface area contributed by atoms with Crippen LogP contribution in [0.2, 0.25) is 0 Å². The van der Waals surface area contributed by atoms with Gasteiger partial charge in [-0.25, -0.2) is 0 Å². The van der Waals surface area contributed by atoms with Crippen molar-refractivity contribution in [2.45, 2.75) is 44.1 Å². The van der Waals surface area contributed by atoms with E-state index in [4.69, 9.17) is 9.47 Å². The number of carbonyl (C=O) groups excluding carboxylic acids is 6. The van der Waals surface area contributed by atoms with Gasteiger partial charge in [-0.05, 0) is 24.0 Å². The predicted octanol–water partition coefficient (Wildman–Crippen LogP) is 0.320. The molecule has 2 heterocycles. The normalized spacial score (nSPS) is 18.9. The maximum atomic E-state index is 13.5. The van der Waals surface area contributed by atoms with Crippen LogP contribution in [0.25, 0.3) is 0 Å². The van der Waals surface area contributed by atoms with Crippen molar-refractivity contribution >= 4 is 35.4 Å². The number of aliphatic hydroxyl groups is 1. The van der Waals surface area contributed by atoms with Crippen LogP contribution in [0.15, 0.2) is 72.8 Å². The lowest BCUT2D eigenvalue weighted by atomic mass is 10.0. The molecule has 2 N–H and O–H groups in total. The number of imide groups is 1. The molecule has 0 spiro atoms. The molecule has 226 valence electrons. The minimum absolute atomic E-state index is 0.00691. The third-order valence-corrected chi connectivity index (χ3v) is 7.15. The number of hydrogen-bond acceptors (Lipinski definition) is 10. The fraction of sp³-hybridized carbons (Fsp3) is 0.355. The zero-order chi connectivity index (χ0) is 30.8. The second kappa shape index (κ2) is 15.0. The summed E-state index contributed by atoms with van der Waals surface area (Å²) < 4.78 is 10.9. The lowest BCUT2D eigenvalue weighted by molar-refractivity contribution is -0.155. The standard InChI is InChI=1S/C31H33N3O9/c35-19-26(36)24(12-11-21-7-3-1-4-8-21)32-31(41)25-15-23(43-30(40)18-34-27(37)13-14-28(34)38)16-33(25)17-29(39)42-20-22-9-5-2-6-10-22/h1-10,13-14,23-25,35H,11-12,15-20H2,(H,32,41)/t23-,24+,25+/m1/s1. The number of rotatable bonds is 14. The monoisotopic (exact) mass is 591 g/mol. The van der Waals surface area contributed by atoms with Gasteiger partial charge < -0.3 is 19.9 Å². The fourth-order valence-corrected chi connectivity index (χ4v) is 4.93. The van der Waals surface area contributed by atoms with Crippen LogP contribution in [-0.2, 0) is 51.3 Å². The average Bonchev–Trinajstić information content (AvgIpc) is 3.55. The highest BCUT2D eigenvalue weighted by Gasteiger charge is 2.41. The molecule has 2 aromatic carbocycles. The number of Topliss-reactive ketones (excluding diaryl/α,β-unsaturated/α-hetero) is 1. The molecule has 43 heavy (non-hydrogen) atoms. The van der Waals surface area contributed by atoms with Crippen LogP contribution >= 0.6 is 0 Å². The average molecular weight is 592 g/mol. The van der Waals surface area contributed by atoms with Crippen LogP contribution in [-0.4, -0.2) is 94.8 Å². The predicted molar refractivity (Wildman–Crippen MR) is 151 cm³/mol. The minimum Gasteiger partial charge on any atom is -0.460 e. The summed E-state index contributed by atoms with van der Waals surface area (Å²) in [5.74, 6) is -3.87. The largest absolute Gasteiger partial charge is 0.460 e. The highest BCUT2D eigenvalue weighted by Crippen LogP contribution is 2.22. The quantitative estimate of drug-likeness (QED) is 0.231. The lowest BCUT2D eigenvalue weighted by Crippen LogP contribution is -2.51. The molecule has 12 nitrogen and oxygen atoms in total. The molecule has 2 aliphatic heterocycles. The zero-order valence-electron chi connectivity index (χ0n) is 23.4. The van der Waals surface area contributed by atoms with Gasteiger partial charge in [0, 0.05) is 25.1 Å². The van der Waals surface area contributed by atoms with Gasteiger partial charge in [-0.1, -0.05) is 60.7 Å². The van der Waals surface area contributed by atoms with E-state index in [1.807, 2.05) is 48.5 Å². The molecule has 3 amide bonds. The van der Waals surface area contributed by atoms with Gasteiger partial charge in [-0.3, -0.25) is 38.6 Å². The van der Waals surface area contributed by atoms with Gasteiger partial charge in [-0.15, -0.1) is 0 Å². The first-order valence-electron chi connectivity index (χ1n) is 13.9. The first-order valence-corrected chi connectivity index (χ1v) is 13.9. The lowest BCUT2D eigenvalue weighted by Gasteiger charge is -2.25. The van der Waals surface area contributed by atoms with Gasteiger partial charge >= 0.3 is 11.9 Å². The minimum atomic E-state index is -0.981. The van der Waals surface area contributed by atoms with E-state index in [9.17, 15) is 33.9 Å². The summed E-state index contributed by atoms with van der Waals surface area (Å²) in [6, 6.07) is 16.5. The molecule has 0 saturated carbocycles. The summed E-state index contributed by atoms with van der Waals surface area (Å²) in [5, 5.41) is 12.2. The van der Waals surface area contributed by atoms with Gasteiger partial charge in [0.1, 0.15) is 25.9 Å². The number of amides is 3. The van der Waals surface area contributed by atoms with Crippen molar-refractivity contribution in [2.75, 3.05) is 26.2 Å². The molecule has 0 bridgehead atoms. The molecular weight excluding hydrogens is 558 g/mol. The Bertz CT molecular complexity index is 1350. The Kier molecular flexibility index (Phi) is 10.9. The number of benzene rings is 2. The van der Waals surface area contributed by atoms with E-state index in [0.29, 0.717) is 6.42 Å². The maximum Gasteiger partial charge on any atom is 0.326 e. The fourth-order valence-electron chi connectivity index (χ4n) is 4.93. The molecule has 1 saturated heterocycles. The molecule has 4 rings (SSSR count). The Morgan fingerprint density at radius 1 is 0.884 bits per heavy atom. The number of nitrogens with zero attached hydrogens (tertiary/aromatic N) is 2. The van der Waals surface area contributed by atoms with Crippen LogP contribution in [0, 0.1) is 0 Å². The Balaban J connectivity index is 1.41. The first-order chi connectivity index (χ1) is 20.7. The molecule has 0 aliphatic carbocycles. The summed E-state index contributed by atoms with van der Waals surface area (Å²) in [5.41, 5.74) is 1.73. The van der Waals surface area contributed by atoms with E-state index < -0.39 is 66.8 Å². The van der Waals surface area contributed by atoms with Crippen LogP contribution in [0.5, 0.6) is 0 Å². The second-order valence-corrected chi connectivity index (χ2v) is 10.2. The molecule has 0 aromatic heterocycles. The second-order valence-electron chi connectivity index (χ2n) is 10.2. The summed E-state index contributed by atoms with van der Waals surface area (Å²) in [6.07, 6.45) is 1.96. The smallest absolute Gasteiger partial charge is 0.326 e. The van der Waals surface area contributed by atoms with Crippen molar-refractivity contribution in [3.05, 3.63) is 83.9 Å². The van der Waals surface area contributed by atoms with E-state index in [0.717, 1.165) is 28.2 Å². The van der Waals surface area contributed by atoms with Gasteiger partial charge in [0.05, 0.1) is 18.6 Å². The topological polar surface area (TPSA) is 160 Å². The number of ketones is 1. The maximum absolute atomic E-state index is 13.5. The molecule has 1 fully saturated rings. The van der Waals surface area contributed by atoms with Crippen molar-refractivity contribution in [1.29, 1.82) is 0 Å². The molecule has 2 aromatic rings. The Labute approximate surface area is 248 Å². The Morgan fingerprint density at radius 2 is 1.51 bits per heavy atom. The number of hydrogen-bond donors (Lipinski definition) is 2. The summed E-state index contributed by atoms with van der Waals surface area (Å²) >= 11 is 0. The molecule has 12 heteroatoms. The number of likely N-dealkylation sites (tertiary alicyclic amines) is 1. The number of nitrogens with one attached hydrogen (secondary N) is 1. The highest BCUT2D eigenvalue weighted by molar-refractivity contribution is 6.14. The molecule has 0 unspecified atom stereocenters. The van der Waals surface area contributed by atoms with Crippen molar-refractivity contribution in [2.24, 2.45) is 0 Å². The SMILES string of the molecule is O=C(CN1C[C@H](OC(=O)CN2C(=O)C=CC2=O)C[C@H]1C(=O)N[C@@H](CCc1ccccc1)C(=O)CO)OCc1ccccc1. The summed E-state index contributed by atoms with van der Waals surface area (Å²) in [7, 11) is 0. The summed E-state index contributed by atoms with van der Waals surface area (Å²) in [4.78, 5) is 77.1. The molecule has 0 radical (unpaired) electrons. The van der Waals surface area contributed by atoms with Crippen molar-refractivity contribution < 1.29 is 43.3 Å². The van der Waals surface area contributed by atoms with E-state index >= 15 is 0 Å². The van der Waals surface area contributed by atoms with E-state index in [1.165, 1.54) is 4.90 Å². The van der Waals surface area contributed by atoms with Crippen molar-refractivity contribution in [3.8, 4) is 0 Å². The van der Waals surface area contributed by atoms with E-state index in [-0.39, 0.29) is 32.5 Å². The third kappa shape index (κ3) is 8.90. The third-order valence-electron chi connectivity index (χ3n) is 7.15. The number of aliphatic hydroxyl groups excluding tert-OH is 1. The van der Waals surface area contributed by atoms with E-state index in [1.54, 1.807) is 12.1 Å². The molecule has 2 aliphatic rings. The van der Waals surface area contributed by atoms with Gasteiger partial charge in [0.15, 0.2) is 5.78 Å². The van der Waals surface area contributed by atoms with Crippen molar-refractivity contribution in [1.82, 2.24) is 15.1 Å². The highest BCUT2D eigenvalue weighted by atomic mass is 16.5. The first kappa shape index (κ1) is 31.3. The molecule has 3 atom stereocenters. The van der Waals surface area contributed by atoms with Gasteiger partial charge in [0.2, 0.25) is 5.91 Å². The summed E-state index contributed by atoms with van der Waals surface area (Å²) in [6.45, 7) is -1.63. The number of esters is 2. The van der Waals surface area contributed by atoms with Crippen LogP contribution < -0.4 is 5.32 Å². The number of ether oxygens (including phenoxy) is 2.